The Morgan fingerprint density at radius 1 is 0.469 bits per heavy atom. The molecule has 1 radical (unpaired) electrons. The molecule has 4 nitrogen and oxygen atoms in total. The fraction of sp³-hybridized carbons (Fsp3) is 1.00. The van der Waals surface area contributed by atoms with Crippen LogP contribution in [-0.2, 0) is 13.3 Å². The number of nitrogens with zero attached hydrogens (tertiary/aromatic N) is 1. The highest BCUT2D eigenvalue weighted by molar-refractivity contribution is 6.36. The fourth-order valence-corrected chi connectivity index (χ4v) is 4.56. The largest absolute Gasteiger partial charge is 1.00 e. The third kappa shape index (κ3) is 30.3. The van der Waals surface area contributed by atoms with Crippen molar-refractivity contribution in [3.05, 3.63) is 0 Å². The molecule has 0 aliphatic rings. The van der Waals surface area contributed by atoms with Crippen LogP contribution in [0, 0.1) is 0 Å². The van der Waals surface area contributed by atoms with Gasteiger partial charge in [-0.1, -0.05) is 104 Å². The first-order valence-electron chi connectivity index (χ1n) is 13.3. The summed E-state index contributed by atoms with van der Waals surface area (Å²) in [4.78, 5) is 0. The highest BCUT2D eigenvalue weighted by Crippen LogP contribution is 2.14. The minimum Gasteiger partial charge on any atom is -1.00 e. The Labute approximate surface area is 211 Å². The topological polar surface area (TPSA) is 27.7 Å². The van der Waals surface area contributed by atoms with Crippen LogP contribution in [0.3, 0.4) is 0 Å². The molecule has 0 aliphatic heterocycles. The summed E-state index contributed by atoms with van der Waals surface area (Å²) in [5.41, 5.74) is 0. The lowest BCUT2D eigenvalue weighted by Crippen LogP contribution is -3.00. The quantitative estimate of drug-likeness (QED) is 0.124. The van der Waals surface area contributed by atoms with Crippen molar-refractivity contribution in [3.8, 4) is 0 Å². The van der Waals surface area contributed by atoms with Crippen molar-refractivity contribution < 1.29 is 30.2 Å². The molecule has 0 saturated heterocycles. The summed E-state index contributed by atoms with van der Waals surface area (Å²) in [5, 5.41) is 0. The SMILES string of the molecule is CCCCCCCCCCCCCCCCCC[N+](C)(C)CCC.CO[Si](OC)OC.[Cl-]. The standard InChI is InChI=1S/C23H50N.C3H9O3Si.ClH/c1-5-7-8-9-10-11-12-13-14-15-16-17-18-19-20-21-23-24(3,4)22-6-2;1-4-7(5-2)6-3;/h5-23H2,1-4H3;1-3H3;1H/q+1;;/p-1. The summed E-state index contributed by atoms with van der Waals surface area (Å²) in [6, 6.07) is 0. The predicted molar refractivity (Wildman–Crippen MR) is 138 cm³/mol. The molecule has 0 aromatic rings. The van der Waals surface area contributed by atoms with Crippen molar-refractivity contribution in [2.75, 3.05) is 48.5 Å². The lowest BCUT2D eigenvalue weighted by atomic mass is 10.0. The van der Waals surface area contributed by atoms with Crippen LogP contribution in [0.2, 0.25) is 0 Å². The van der Waals surface area contributed by atoms with Gasteiger partial charge in [-0.2, -0.15) is 0 Å². The summed E-state index contributed by atoms with van der Waals surface area (Å²) in [6.45, 7) is 7.30. The first-order chi connectivity index (χ1) is 15.0. The zero-order valence-corrected chi connectivity index (χ0v) is 24.7. The van der Waals surface area contributed by atoms with E-state index < -0.39 is 9.53 Å². The molecule has 0 aliphatic carbocycles. The van der Waals surface area contributed by atoms with Crippen molar-refractivity contribution in [1.82, 2.24) is 0 Å². The van der Waals surface area contributed by atoms with Crippen LogP contribution < -0.4 is 12.4 Å². The fourth-order valence-electron chi connectivity index (χ4n) is 4.06. The van der Waals surface area contributed by atoms with Gasteiger partial charge in [0.25, 0.3) is 0 Å². The lowest BCUT2D eigenvalue weighted by Gasteiger charge is -2.29. The molecule has 0 spiro atoms. The third-order valence-electron chi connectivity index (χ3n) is 5.95. The maximum atomic E-state index is 4.71. The van der Waals surface area contributed by atoms with E-state index in [0.29, 0.717) is 0 Å². The van der Waals surface area contributed by atoms with Crippen LogP contribution >= 0.6 is 0 Å². The van der Waals surface area contributed by atoms with Gasteiger partial charge in [-0.3, -0.25) is 0 Å². The molecular weight excluding hydrogens is 438 g/mol. The van der Waals surface area contributed by atoms with Gasteiger partial charge in [0.15, 0.2) is 0 Å². The smallest absolute Gasteiger partial charge is 0.576 e. The van der Waals surface area contributed by atoms with Crippen LogP contribution in [0.15, 0.2) is 0 Å². The van der Waals surface area contributed by atoms with E-state index in [1.54, 1.807) is 21.3 Å². The molecular formula is C26H59ClNO3Si. The highest BCUT2D eigenvalue weighted by Gasteiger charge is 2.12. The van der Waals surface area contributed by atoms with Gasteiger partial charge in [0.1, 0.15) is 0 Å². The zero-order valence-electron chi connectivity index (χ0n) is 23.0. The van der Waals surface area contributed by atoms with E-state index in [4.69, 9.17) is 13.3 Å². The van der Waals surface area contributed by atoms with Crippen molar-refractivity contribution in [2.45, 2.75) is 123 Å². The molecule has 0 fully saturated rings. The van der Waals surface area contributed by atoms with Gasteiger partial charge in [-0.15, -0.1) is 0 Å². The van der Waals surface area contributed by atoms with E-state index in [0.717, 1.165) is 0 Å². The van der Waals surface area contributed by atoms with E-state index in [9.17, 15) is 0 Å². The molecule has 197 valence electrons. The minimum atomic E-state index is -1.36. The predicted octanol–water partition coefficient (Wildman–Crippen LogP) is 4.65. The summed E-state index contributed by atoms with van der Waals surface area (Å²) >= 11 is 0. The summed E-state index contributed by atoms with van der Waals surface area (Å²) in [7, 11) is 8.08. The van der Waals surface area contributed by atoms with Crippen LogP contribution in [0.5, 0.6) is 0 Å². The van der Waals surface area contributed by atoms with Crippen LogP contribution in [0.25, 0.3) is 0 Å². The Kier molecular flexibility index (Phi) is 33.9. The van der Waals surface area contributed by atoms with Crippen LogP contribution in [-0.4, -0.2) is 62.5 Å². The molecule has 0 amide bonds. The second kappa shape index (κ2) is 29.4. The average molecular weight is 497 g/mol. The van der Waals surface area contributed by atoms with E-state index >= 15 is 0 Å². The molecule has 6 heteroatoms. The van der Waals surface area contributed by atoms with E-state index in [-0.39, 0.29) is 12.4 Å². The number of quaternary nitrogens is 1. The monoisotopic (exact) mass is 496 g/mol. The molecule has 0 rings (SSSR count). The first kappa shape index (κ1) is 36.9. The maximum absolute atomic E-state index is 4.71. The molecule has 32 heavy (non-hydrogen) atoms. The Hall–Kier alpha value is 0.347. The summed E-state index contributed by atoms with van der Waals surface area (Å²) in [6.07, 6.45) is 24.7. The van der Waals surface area contributed by atoms with Crippen molar-refractivity contribution in [2.24, 2.45) is 0 Å². The third-order valence-corrected chi connectivity index (χ3v) is 6.95. The van der Waals surface area contributed by atoms with Gasteiger partial charge >= 0.3 is 9.53 Å². The van der Waals surface area contributed by atoms with Gasteiger partial charge < -0.3 is 30.2 Å². The summed E-state index contributed by atoms with van der Waals surface area (Å²) in [5.74, 6) is 0. The normalized spacial score (nSPS) is 11.2. The Morgan fingerprint density at radius 3 is 1.03 bits per heavy atom. The zero-order chi connectivity index (χ0) is 23.6. The van der Waals surface area contributed by atoms with Crippen molar-refractivity contribution >= 4 is 9.53 Å². The number of hydrogen-bond donors (Lipinski definition) is 0. The number of rotatable bonds is 22. The number of hydrogen-bond acceptors (Lipinski definition) is 3. The summed E-state index contributed by atoms with van der Waals surface area (Å²) < 4.78 is 15.3. The molecule has 0 N–H and O–H groups in total. The molecule has 0 bridgehead atoms. The first-order valence-corrected chi connectivity index (χ1v) is 14.5. The van der Waals surface area contributed by atoms with E-state index in [1.807, 2.05) is 0 Å². The Morgan fingerprint density at radius 2 is 0.781 bits per heavy atom. The van der Waals surface area contributed by atoms with Crippen LogP contribution in [0.4, 0.5) is 0 Å². The Balaban J connectivity index is -0.000000903. The molecule has 0 heterocycles. The van der Waals surface area contributed by atoms with Gasteiger partial charge in [-0.05, 0) is 19.3 Å². The maximum Gasteiger partial charge on any atom is 0.576 e. The lowest BCUT2D eigenvalue weighted by molar-refractivity contribution is -0.890. The minimum absolute atomic E-state index is 0. The van der Waals surface area contributed by atoms with E-state index in [2.05, 4.69) is 27.9 Å². The highest BCUT2D eigenvalue weighted by atomic mass is 35.5. The number of halogens is 1. The molecule has 0 unspecified atom stereocenters. The molecule has 0 atom stereocenters. The van der Waals surface area contributed by atoms with Gasteiger partial charge in [0.2, 0.25) is 0 Å². The second-order valence-electron chi connectivity index (χ2n) is 9.55. The van der Waals surface area contributed by atoms with Gasteiger partial charge in [0, 0.05) is 21.3 Å². The van der Waals surface area contributed by atoms with Gasteiger partial charge in [-0.25, -0.2) is 0 Å². The molecule has 0 saturated carbocycles. The Bertz CT molecular complexity index is 327. The van der Waals surface area contributed by atoms with Gasteiger partial charge in [0.05, 0.1) is 27.2 Å². The second-order valence-corrected chi connectivity index (χ2v) is 11.3. The van der Waals surface area contributed by atoms with E-state index in [1.165, 1.54) is 127 Å². The average Bonchev–Trinajstić information content (AvgIpc) is 2.75. The van der Waals surface area contributed by atoms with Crippen molar-refractivity contribution in [1.29, 1.82) is 0 Å². The molecule has 0 aromatic carbocycles. The molecule has 0 aromatic heterocycles. The number of unbranched alkanes of at least 4 members (excludes halogenated alkanes) is 15. The van der Waals surface area contributed by atoms with Crippen LogP contribution in [0.1, 0.15) is 123 Å². The van der Waals surface area contributed by atoms with Crippen molar-refractivity contribution in [3.63, 3.8) is 0 Å².